The van der Waals surface area contributed by atoms with E-state index >= 15 is 0 Å². The summed E-state index contributed by atoms with van der Waals surface area (Å²) in [6.07, 6.45) is -0.669. The third-order valence-corrected chi connectivity index (χ3v) is 2.70. The van der Waals surface area contributed by atoms with E-state index in [0.29, 0.717) is 0 Å². The van der Waals surface area contributed by atoms with Gasteiger partial charge in [-0.15, -0.1) is 0 Å². The molecule has 0 bridgehead atoms. The minimum absolute atomic E-state index is 0.366. The monoisotopic (exact) mass is 223 g/mol. The fraction of sp³-hybridized carbons (Fsp3) is 0.538. The van der Waals surface area contributed by atoms with Gasteiger partial charge in [-0.3, -0.25) is 0 Å². The molecule has 0 saturated heterocycles. The first-order valence-corrected chi connectivity index (χ1v) is 5.74. The Kier molecular flexibility index (Phi) is 3.94. The van der Waals surface area contributed by atoms with E-state index in [0.717, 1.165) is 11.3 Å². The first kappa shape index (κ1) is 13.0. The van der Waals surface area contributed by atoms with Crippen LogP contribution in [0.1, 0.15) is 39.3 Å². The van der Waals surface area contributed by atoms with Gasteiger partial charge in [-0.05, 0) is 19.9 Å². The lowest BCUT2D eigenvalue weighted by molar-refractivity contribution is -0.0571. The van der Waals surface area contributed by atoms with Gasteiger partial charge in [0, 0.05) is 5.56 Å². The number of benzene rings is 1. The van der Waals surface area contributed by atoms with Gasteiger partial charge < -0.3 is 15.6 Å². The van der Waals surface area contributed by atoms with Gasteiger partial charge in [-0.1, -0.05) is 32.0 Å². The van der Waals surface area contributed by atoms with Crippen molar-refractivity contribution in [3.63, 3.8) is 0 Å². The number of aliphatic hydroxyl groups is 1. The van der Waals surface area contributed by atoms with Gasteiger partial charge in [0.05, 0.1) is 6.04 Å². The van der Waals surface area contributed by atoms with E-state index in [1.54, 1.807) is 0 Å². The molecule has 90 valence electrons. The molecular formula is C13H21NO2. The third kappa shape index (κ3) is 2.20. The quantitative estimate of drug-likeness (QED) is 0.709. The van der Waals surface area contributed by atoms with Crippen LogP contribution in [0.3, 0.4) is 0 Å². The van der Waals surface area contributed by atoms with Crippen LogP contribution < -0.4 is 10.5 Å². The Labute approximate surface area is 97.2 Å². The zero-order chi connectivity index (χ0) is 12.3. The number of para-hydroxylation sites is 1. The molecule has 1 aliphatic rings. The normalized spacial score (nSPS) is 25.9. The van der Waals surface area contributed by atoms with Gasteiger partial charge in [0.2, 0.25) is 0 Å². The summed E-state index contributed by atoms with van der Waals surface area (Å²) in [7, 11) is 0. The van der Waals surface area contributed by atoms with E-state index in [1.165, 1.54) is 0 Å². The zero-order valence-corrected chi connectivity index (χ0v) is 10.4. The summed E-state index contributed by atoms with van der Waals surface area (Å²) in [6, 6.07) is 7.20. The van der Waals surface area contributed by atoms with E-state index in [9.17, 15) is 5.11 Å². The van der Waals surface area contributed by atoms with Crippen LogP contribution in [0.5, 0.6) is 5.75 Å². The van der Waals surface area contributed by atoms with Crippen molar-refractivity contribution < 1.29 is 9.84 Å². The second-order valence-electron chi connectivity index (χ2n) is 4.21. The lowest BCUT2D eigenvalue weighted by Crippen LogP contribution is -2.51. The van der Waals surface area contributed by atoms with Crippen molar-refractivity contribution in [1.82, 2.24) is 0 Å². The molecular weight excluding hydrogens is 202 g/mol. The van der Waals surface area contributed by atoms with Crippen molar-refractivity contribution in [2.75, 3.05) is 0 Å². The largest absolute Gasteiger partial charge is 0.485 e. The number of nitrogens with two attached hydrogens (primary N) is 1. The molecule has 0 spiro atoms. The fourth-order valence-electron chi connectivity index (χ4n) is 1.80. The first-order valence-electron chi connectivity index (χ1n) is 5.74. The second kappa shape index (κ2) is 4.85. The number of ether oxygens (including phenoxy) is 1. The van der Waals surface area contributed by atoms with E-state index in [1.807, 2.05) is 52.0 Å². The first-order chi connectivity index (χ1) is 7.52. The predicted molar refractivity (Wildman–Crippen MR) is 65.4 cm³/mol. The maximum Gasteiger partial charge on any atom is 0.131 e. The Balaban J connectivity index is 0.000000606. The minimum Gasteiger partial charge on any atom is -0.485 e. The standard InChI is InChI=1S/C11H15NO2.C2H6/c1-11(2)10(13)9(12)7-5-3-4-6-8(7)14-11;1-2/h3-6,9-10,13H,12H2,1-2H3;1-2H3/t9-,10+;/m0./s1. The van der Waals surface area contributed by atoms with Crippen molar-refractivity contribution in [2.45, 2.75) is 45.4 Å². The van der Waals surface area contributed by atoms with E-state index < -0.39 is 11.7 Å². The van der Waals surface area contributed by atoms with Crippen LogP contribution in [0.25, 0.3) is 0 Å². The highest BCUT2D eigenvalue weighted by molar-refractivity contribution is 5.39. The fourth-order valence-corrected chi connectivity index (χ4v) is 1.80. The van der Waals surface area contributed by atoms with Crippen LogP contribution >= 0.6 is 0 Å². The Bertz CT molecular complexity index is 350. The van der Waals surface area contributed by atoms with Crippen LogP contribution in [0, 0.1) is 0 Å². The maximum absolute atomic E-state index is 9.90. The Hall–Kier alpha value is -1.06. The minimum atomic E-state index is -0.669. The summed E-state index contributed by atoms with van der Waals surface area (Å²) in [6.45, 7) is 7.68. The summed E-state index contributed by atoms with van der Waals surface area (Å²) < 4.78 is 5.67. The van der Waals surface area contributed by atoms with Gasteiger partial charge in [0.15, 0.2) is 0 Å². The van der Waals surface area contributed by atoms with E-state index in [2.05, 4.69) is 0 Å². The Morgan fingerprint density at radius 1 is 1.25 bits per heavy atom. The van der Waals surface area contributed by atoms with Crippen molar-refractivity contribution in [1.29, 1.82) is 0 Å². The summed E-state index contributed by atoms with van der Waals surface area (Å²) in [5.41, 5.74) is 6.19. The summed E-state index contributed by atoms with van der Waals surface area (Å²) in [5.74, 6) is 0.773. The van der Waals surface area contributed by atoms with Crippen LogP contribution in [0.15, 0.2) is 24.3 Å². The maximum atomic E-state index is 9.90. The molecule has 3 heteroatoms. The molecule has 3 nitrogen and oxygen atoms in total. The molecule has 1 heterocycles. The average Bonchev–Trinajstić information content (AvgIpc) is 2.29. The predicted octanol–water partition coefficient (Wildman–Crippen LogP) is 2.24. The molecule has 0 fully saturated rings. The Morgan fingerprint density at radius 3 is 2.44 bits per heavy atom. The topological polar surface area (TPSA) is 55.5 Å². The third-order valence-electron chi connectivity index (χ3n) is 2.70. The summed E-state index contributed by atoms with van der Waals surface area (Å²) >= 11 is 0. The number of aliphatic hydroxyl groups excluding tert-OH is 1. The molecule has 16 heavy (non-hydrogen) atoms. The molecule has 1 aromatic carbocycles. The summed E-state index contributed by atoms with van der Waals surface area (Å²) in [4.78, 5) is 0. The number of fused-ring (bicyclic) bond motifs is 1. The number of hydrogen-bond donors (Lipinski definition) is 2. The molecule has 1 aromatic rings. The van der Waals surface area contributed by atoms with Crippen LogP contribution in [-0.4, -0.2) is 16.8 Å². The molecule has 0 unspecified atom stereocenters. The lowest BCUT2D eigenvalue weighted by Gasteiger charge is -2.40. The molecule has 0 aromatic heterocycles. The zero-order valence-electron chi connectivity index (χ0n) is 10.4. The summed E-state index contributed by atoms with van der Waals surface area (Å²) in [5, 5.41) is 9.90. The number of rotatable bonds is 0. The molecule has 2 atom stereocenters. The molecule has 0 saturated carbocycles. The molecule has 3 N–H and O–H groups in total. The molecule has 2 rings (SSSR count). The SMILES string of the molecule is CC.CC1(C)Oc2ccccc2[C@H](N)[C@H]1O. The molecule has 0 amide bonds. The highest BCUT2D eigenvalue weighted by atomic mass is 16.5. The van der Waals surface area contributed by atoms with Crippen molar-refractivity contribution in [2.24, 2.45) is 5.73 Å². The van der Waals surface area contributed by atoms with Crippen LogP contribution in [0.2, 0.25) is 0 Å². The van der Waals surface area contributed by atoms with E-state index in [-0.39, 0.29) is 6.04 Å². The van der Waals surface area contributed by atoms with Gasteiger partial charge in [-0.25, -0.2) is 0 Å². The van der Waals surface area contributed by atoms with E-state index in [4.69, 9.17) is 10.5 Å². The van der Waals surface area contributed by atoms with Crippen LogP contribution in [-0.2, 0) is 0 Å². The van der Waals surface area contributed by atoms with Gasteiger partial charge >= 0.3 is 0 Å². The Morgan fingerprint density at radius 2 is 1.81 bits per heavy atom. The molecule has 0 radical (unpaired) electrons. The highest BCUT2D eigenvalue weighted by Gasteiger charge is 2.40. The smallest absolute Gasteiger partial charge is 0.131 e. The number of hydrogen-bond acceptors (Lipinski definition) is 3. The average molecular weight is 223 g/mol. The van der Waals surface area contributed by atoms with Crippen molar-refractivity contribution >= 4 is 0 Å². The van der Waals surface area contributed by atoms with Gasteiger partial charge in [0.25, 0.3) is 0 Å². The van der Waals surface area contributed by atoms with Crippen molar-refractivity contribution in [3.05, 3.63) is 29.8 Å². The van der Waals surface area contributed by atoms with Gasteiger partial charge in [-0.2, -0.15) is 0 Å². The molecule has 1 aliphatic heterocycles. The highest BCUT2D eigenvalue weighted by Crippen LogP contribution is 2.37. The van der Waals surface area contributed by atoms with Crippen molar-refractivity contribution in [3.8, 4) is 5.75 Å². The lowest BCUT2D eigenvalue weighted by atomic mass is 9.87. The molecule has 0 aliphatic carbocycles. The van der Waals surface area contributed by atoms with Crippen LogP contribution in [0.4, 0.5) is 0 Å². The second-order valence-corrected chi connectivity index (χ2v) is 4.21. The van der Waals surface area contributed by atoms with Gasteiger partial charge in [0.1, 0.15) is 17.5 Å².